The van der Waals surface area contributed by atoms with Gasteiger partial charge in [0.15, 0.2) is 0 Å². The van der Waals surface area contributed by atoms with E-state index in [2.05, 4.69) is 18.8 Å². The van der Waals surface area contributed by atoms with Crippen LogP contribution in [0.4, 0.5) is 0 Å². The molecule has 0 aliphatic rings. The lowest BCUT2D eigenvalue weighted by Crippen LogP contribution is -2.19. The van der Waals surface area contributed by atoms with Crippen LogP contribution < -0.4 is 5.73 Å². The summed E-state index contributed by atoms with van der Waals surface area (Å²) < 4.78 is 0. The third kappa shape index (κ3) is 2.99. The number of nitrogens with one attached hydrogen (secondary N) is 1. The number of nitrogens with two attached hydrogens (primary N) is 1. The van der Waals surface area contributed by atoms with Crippen LogP contribution in [-0.2, 0) is 0 Å². The number of hydrogen-bond donors (Lipinski definition) is 2. The maximum absolute atomic E-state index is 6.04. The highest BCUT2D eigenvalue weighted by Crippen LogP contribution is 2.28. The highest BCUT2D eigenvalue weighted by atomic mass is 35.5. The molecule has 19 heavy (non-hydrogen) atoms. The van der Waals surface area contributed by atoms with Crippen LogP contribution in [0.15, 0.2) is 24.3 Å². The number of H-pyrrole nitrogens is 1. The van der Waals surface area contributed by atoms with E-state index in [1.165, 1.54) is 0 Å². The Morgan fingerprint density at radius 3 is 2.68 bits per heavy atom. The van der Waals surface area contributed by atoms with Gasteiger partial charge in [-0.25, -0.2) is 4.98 Å². The van der Waals surface area contributed by atoms with Crippen molar-refractivity contribution in [1.29, 1.82) is 0 Å². The number of nitrogens with zero attached hydrogens (tertiary/aromatic N) is 1. The van der Waals surface area contributed by atoms with Crippen molar-refractivity contribution in [1.82, 2.24) is 9.97 Å². The molecule has 0 spiro atoms. The van der Waals surface area contributed by atoms with Crippen LogP contribution in [0.2, 0.25) is 5.02 Å². The fraction of sp³-hybridized carbons (Fsp3) is 0.400. The molecule has 1 aromatic heterocycles. The van der Waals surface area contributed by atoms with Crippen LogP contribution in [0, 0.1) is 12.8 Å². The third-order valence-electron chi connectivity index (χ3n) is 3.41. The normalized spacial score (nSPS) is 12.9. The monoisotopic (exact) mass is 277 g/mol. The molecular formula is C15H20ClN3. The van der Waals surface area contributed by atoms with Gasteiger partial charge in [-0.05, 0) is 25.0 Å². The highest BCUT2D eigenvalue weighted by molar-refractivity contribution is 6.30. The Hall–Kier alpha value is -1.32. The van der Waals surface area contributed by atoms with Gasteiger partial charge in [-0.3, -0.25) is 0 Å². The fourth-order valence-electron chi connectivity index (χ4n) is 2.28. The molecule has 0 fully saturated rings. The van der Waals surface area contributed by atoms with Crippen molar-refractivity contribution >= 4 is 11.6 Å². The molecule has 102 valence electrons. The van der Waals surface area contributed by atoms with E-state index in [-0.39, 0.29) is 5.92 Å². The van der Waals surface area contributed by atoms with Gasteiger partial charge in [0.05, 0.1) is 5.69 Å². The molecule has 0 saturated heterocycles. The predicted molar refractivity (Wildman–Crippen MR) is 80.4 cm³/mol. The second-order valence-corrected chi connectivity index (χ2v) is 5.63. The molecule has 3 N–H and O–H groups in total. The van der Waals surface area contributed by atoms with Gasteiger partial charge >= 0.3 is 0 Å². The average Bonchev–Trinajstić information content (AvgIpc) is 2.71. The largest absolute Gasteiger partial charge is 0.345 e. The molecule has 2 aromatic rings. The molecule has 0 amide bonds. The third-order valence-corrected chi connectivity index (χ3v) is 3.65. The SMILES string of the molecule is Cc1[nH]c(C(CN)C(C)C)nc1-c1cccc(Cl)c1. The highest BCUT2D eigenvalue weighted by Gasteiger charge is 2.19. The summed E-state index contributed by atoms with van der Waals surface area (Å²) in [6.07, 6.45) is 0. The summed E-state index contributed by atoms with van der Waals surface area (Å²) in [5.74, 6) is 1.68. The molecule has 0 bridgehead atoms. The molecule has 0 saturated carbocycles. The van der Waals surface area contributed by atoms with Crippen LogP contribution in [0.3, 0.4) is 0 Å². The van der Waals surface area contributed by atoms with Gasteiger partial charge in [0.1, 0.15) is 5.82 Å². The van der Waals surface area contributed by atoms with Gasteiger partial charge < -0.3 is 10.7 Å². The van der Waals surface area contributed by atoms with Crippen LogP contribution in [0.25, 0.3) is 11.3 Å². The Bertz CT molecular complexity index is 560. The molecule has 2 rings (SSSR count). The van der Waals surface area contributed by atoms with Gasteiger partial charge in [-0.15, -0.1) is 0 Å². The minimum Gasteiger partial charge on any atom is -0.345 e. The predicted octanol–water partition coefficient (Wildman–Crippen LogP) is 3.74. The average molecular weight is 278 g/mol. The summed E-state index contributed by atoms with van der Waals surface area (Å²) in [7, 11) is 0. The van der Waals surface area contributed by atoms with Gasteiger partial charge in [-0.2, -0.15) is 0 Å². The zero-order chi connectivity index (χ0) is 14.0. The maximum Gasteiger partial charge on any atom is 0.111 e. The number of aryl methyl sites for hydroxylation is 1. The van der Waals surface area contributed by atoms with E-state index in [0.29, 0.717) is 12.5 Å². The Labute approximate surface area is 119 Å². The summed E-state index contributed by atoms with van der Waals surface area (Å²) in [5.41, 5.74) is 8.89. The second-order valence-electron chi connectivity index (χ2n) is 5.19. The molecule has 3 nitrogen and oxygen atoms in total. The number of rotatable bonds is 4. The number of aromatic nitrogens is 2. The molecule has 1 aromatic carbocycles. The molecule has 4 heteroatoms. The second kappa shape index (κ2) is 5.76. The van der Waals surface area contributed by atoms with Crippen molar-refractivity contribution in [2.24, 2.45) is 11.7 Å². The molecule has 1 atom stereocenters. The van der Waals surface area contributed by atoms with Gasteiger partial charge in [0.2, 0.25) is 0 Å². The zero-order valence-corrected chi connectivity index (χ0v) is 12.3. The first-order valence-electron chi connectivity index (χ1n) is 6.55. The Morgan fingerprint density at radius 2 is 2.11 bits per heavy atom. The number of hydrogen-bond acceptors (Lipinski definition) is 2. The van der Waals surface area contributed by atoms with Crippen molar-refractivity contribution in [3.63, 3.8) is 0 Å². The summed E-state index contributed by atoms with van der Waals surface area (Å²) in [5, 5.41) is 0.723. The summed E-state index contributed by atoms with van der Waals surface area (Å²) >= 11 is 6.04. The first-order chi connectivity index (χ1) is 9.02. The molecule has 0 radical (unpaired) electrons. The van der Waals surface area contributed by atoms with E-state index in [0.717, 1.165) is 27.8 Å². The van der Waals surface area contributed by atoms with Crippen LogP contribution in [0.5, 0.6) is 0 Å². The standard InChI is InChI=1S/C15H20ClN3/c1-9(2)13(8-17)15-18-10(3)14(19-15)11-5-4-6-12(16)7-11/h4-7,9,13H,8,17H2,1-3H3,(H,18,19). The van der Waals surface area contributed by atoms with Crippen LogP contribution >= 0.6 is 11.6 Å². The Kier molecular flexibility index (Phi) is 4.27. The maximum atomic E-state index is 6.04. The number of halogens is 1. The van der Waals surface area contributed by atoms with Gasteiger partial charge in [0.25, 0.3) is 0 Å². The van der Waals surface area contributed by atoms with Crippen molar-refractivity contribution in [2.75, 3.05) is 6.54 Å². The molecule has 1 unspecified atom stereocenters. The lowest BCUT2D eigenvalue weighted by atomic mass is 9.95. The van der Waals surface area contributed by atoms with Crippen molar-refractivity contribution in [2.45, 2.75) is 26.7 Å². The molecule has 1 heterocycles. The van der Waals surface area contributed by atoms with E-state index in [1.54, 1.807) is 0 Å². The quantitative estimate of drug-likeness (QED) is 0.894. The molecule has 0 aliphatic heterocycles. The zero-order valence-electron chi connectivity index (χ0n) is 11.6. The van der Waals surface area contributed by atoms with Crippen molar-refractivity contribution in [3.8, 4) is 11.3 Å². The first-order valence-corrected chi connectivity index (χ1v) is 6.93. The minimum atomic E-state index is 0.256. The minimum absolute atomic E-state index is 0.256. The van der Waals surface area contributed by atoms with Crippen molar-refractivity contribution < 1.29 is 0 Å². The summed E-state index contributed by atoms with van der Waals surface area (Å²) in [6.45, 7) is 6.95. The van der Waals surface area contributed by atoms with Crippen molar-refractivity contribution in [3.05, 3.63) is 40.8 Å². The smallest absolute Gasteiger partial charge is 0.111 e. The van der Waals surface area contributed by atoms with Gasteiger partial charge in [0, 0.05) is 28.7 Å². The lowest BCUT2D eigenvalue weighted by Gasteiger charge is -2.15. The van der Waals surface area contributed by atoms with E-state index < -0.39 is 0 Å². The summed E-state index contributed by atoms with van der Waals surface area (Å²) in [6, 6.07) is 7.76. The van der Waals surface area contributed by atoms with Gasteiger partial charge in [-0.1, -0.05) is 37.6 Å². The number of benzene rings is 1. The first kappa shape index (κ1) is 14.1. The topological polar surface area (TPSA) is 54.7 Å². The van der Waals surface area contributed by atoms with E-state index in [1.807, 2.05) is 31.2 Å². The molecule has 0 aliphatic carbocycles. The van der Waals surface area contributed by atoms with E-state index >= 15 is 0 Å². The van der Waals surface area contributed by atoms with E-state index in [4.69, 9.17) is 22.3 Å². The number of aromatic amines is 1. The Morgan fingerprint density at radius 1 is 1.37 bits per heavy atom. The van der Waals surface area contributed by atoms with Crippen LogP contribution in [0.1, 0.15) is 31.3 Å². The molecular weight excluding hydrogens is 258 g/mol. The fourth-order valence-corrected chi connectivity index (χ4v) is 2.47. The summed E-state index contributed by atoms with van der Waals surface area (Å²) in [4.78, 5) is 8.08. The lowest BCUT2D eigenvalue weighted by molar-refractivity contribution is 0.487. The van der Waals surface area contributed by atoms with E-state index in [9.17, 15) is 0 Å². The number of imidazole rings is 1. The Balaban J connectivity index is 2.41. The van der Waals surface area contributed by atoms with Crippen LogP contribution in [-0.4, -0.2) is 16.5 Å².